The maximum Gasteiger partial charge on any atom is 0.118 e. The van der Waals surface area contributed by atoms with E-state index in [-0.39, 0.29) is 0 Å². The number of methoxy groups -OCH3 is 1. The van der Waals surface area contributed by atoms with Crippen LogP contribution in [0.25, 0.3) is 0 Å². The Morgan fingerprint density at radius 2 is 1.71 bits per heavy atom. The molecule has 0 fully saturated rings. The molecule has 1 aromatic rings. The molecular formula is C13H20O. The van der Waals surface area contributed by atoms with Crippen molar-refractivity contribution in [1.82, 2.24) is 0 Å². The topological polar surface area (TPSA) is 9.23 Å². The predicted octanol–water partition coefficient (Wildman–Crippen LogP) is 3.84. The highest BCUT2D eigenvalue weighted by atomic mass is 16.5. The van der Waals surface area contributed by atoms with E-state index in [1.807, 2.05) is 12.1 Å². The largest absolute Gasteiger partial charge is 0.497 e. The third kappa shape index (κ3) is 2.50. The molecule has 0 amide bonds. The molecule has 0 saturated carbocycles. The molecule has 0 aliphatic heterocycles. The molecular weight excluding hydrogens is 172 g/mol. The summed E-state index contributed by atoms with van der Waals surface area (Å²) in [5.41, 5.74) is 1.42. The van der Waals surface area contributed by atoms with E-state index >= 15 is 0 Å². The monoisotopic (exact) mass is 192 g/mol. The van der Waals surface area contributed by atoms with E-state index < -0.39 is 0 Å². The van der Waals surface area contributed by atoms with Crippen LogP contribution in [0.2, 0.25) is 0 Å². The Kier molecular flexibility index (Phi) is 3.99. The van der Waals surface area contributed by atoms with Crippen LogP contribution in [-0.2, 0) is 0 Å². The van der Waals surface area contributed by atoms with Gasteiger partial charge in [0, 0.05) is 0 Å². The minimum Gasteiger partial charge on any atom is -0.497 e. The van der Waals surface area contributed by atoms with Crippen molar-refractivity contribution in [2.45, 2.75) is 33.1 Å². The normalized spacial score (nSPS) is 12.9. The van der Waals surface area contributed by atoms with Crippen molar-refractivity contribution in [2.75, 3.05) is 7.11 Å². The molecule has 78 valence electrons. The Morgan fingerprint density at radius 3 is 2.07 bits per heavy atom. The first-order chi connectivity index (χ1) is 6.69. The fourth-order valence-electron chi connectivity index (χ4n) is 1.94. The van der Waals surface area contributed by atoms with Crippen molar-refractivity contribution < 1.29 is 4.74 Å². The summed E-state index contributed by atoms with van der Waals surface area (Å²) in [7, 11) is 1.70. The van der Waals surface area contributed by atoms with E-state index in [9.17, 15) is 0 Å². The quantitative estimate of drug-likeness (QED) is 0.704. The number of hydrogen-bond acceptors (Lipinski definition) is 1. The minimum atomic E-state index is 0.668. The SMILES string of the molecule is CCC(c1ccc(OC)cc1)C(C)C. The van der Waals surface area contributed by atoms with Gasteiger partial charge in [0.2, 0.25) is 0 Å². The molecule has 1 rings (SSSR count). The van der Waals surface area contributed by atoms with Crippen molar-refractivity contribution in [3.8, 4) is 5.75 Å². The summed E-state index contributed by atoms with van der Waals surface area (Å²) in [4.78, 5) is 0. The standard InChI is InChI=1S/C13H20O/c1-5-13(10(2)3)11-6-8-12(14-4)9-7-11/h6-10,13H,5H2,1-4H3. The lowest BCUT2D eigenvalue weighted by Crippen LogP contribution is -2.05. The van der Waals surface area contributed by atoms with Gasteiger partial charge in [0.05, 0.1) is 7.11 Å². The Hall–Kier alpha value is -0.980. The average Bonchev–Trinajstić information content (AvgIpc) is 2.19. The second-order valence-corrected chi connectivity index (χ2v) is 4.03. The first-order valence-electron chi connectivity index (χ1n) is 5.33. The average molecular weight is 192 g/mol. The van der Waals surface area contributed by atoms with Crippen LogP contribution < -0.4 is 4.74 Å². The van der Waals surface area contributed by atoms with E-state index in [2.05, 4.69) is 32.9 Å². The second-order valence-electron chi connectivity index (χ2n) is 4.03. The molecule has 0 heterocycles. The van der Waals surface area contributed by atoms with E-state index in [4.69, 9.17) is 4.74 Å². The van der Waals surface area contributed by atoms with Gasteiger partial charge in [-0.15, -0.1) is 0 Å². The maximum atomic E-state index is 5.14. The van der Waals surface area contributed by atoms with Crippen LogP contribution in [0, 0.1) is 5.92 Å². The van der Waals surface area contributed by atoms with Crippen molar-refractivity contribution in [1.29, 1.82) is 0 Å². The summed E-state index contributed by atoms with van der Waals surface area (Å²) in [5, 5.41) is 0. The Bertz CT molecular complexity index is 261. The fraction of sp³-hybridized carbons (Fsp3) is 0.538. The lowest BCUT2D eigenvalue weighted by atomic mass is 9.86. The van der Waals surface area contributed by atoms with Gasteiger partial charge in [0.25, 0.3) is 0 Å². The summed E-state index contributed by atoms with van der Waals surface area (Å²) in [6.45, 7) is 6.80. The zero-order chi connectivity index (χ0) is 10.6. The molecule has 1 nitrogen and oxygen atoms in total. The van der Waals surface area contributed by atoms with E-state index in [0.29, 0.717) is 11.8 Å². The maximum absolute atomic E-state index is 5.14. The first-order valence-corrected chi connectivity index (χ1v) is 5.33. The molecule has 0 N–H and O–H groups in total. The molecule has 1 aromatic carbocycles. The number of rotatable bonds is 4. The molecule has 0 bridgehead atoms. The van der Waals surface area contributed by atoms with E-state index in [1.54, 1.807) is 7.11 Å². The summed E-state index contributed by atoms with van der Waals surface area (Å²) >= 11 is 0. The third-order valence-corrected chi connectivity index (χ3v) is 2.79. The molecule has 14 heavy (non-hydrogen) atoms. The lowest BCUT2D eigenvalue weighted by molar-refractivity contribution is 0.414. The highest BCUT2D eigenvalue weighted by Crippen LogP contribution is 2.28. The van der Waals surface area contributed by atoms with Crippen LogP contribution in [-0.4, -0.2) is 7.11 Å². The minimum absolute atomic E-state index is 0.668. The molecule has 0 aromatic heterocycles. The molecule has 0 aliphatic carbocycles. The Labute approximate surface area is 87.1 Å². The molecule has 0 saturated heterocycles. The summed E-state index contributed by atoms with van der Waals surface area (Å²) in [6.07, 6.45) is 1.20. The van der Waals surface area contributed by atoms with Gasteiger partial charge < -0.3 is 4.74 Å². The zero-order valence-corrected chi connectivity index (χ0v) is 9.58. The van der Waals surface area contributed by atoms with Crippen molar-refractivity contribution in [3.63, 3.8) is 0 Å². The summed E-state index contributed by atoms with van der Waals surface area (Å²) in [5.74, 6) is 2.31. The van der Waals surface area contributed by atoms with Crippen LogP contribution in [0.5, 0.6) is 5.75 Å². The Balaban J connectivity index is 2.84. The number of ether oxygens (including phenoxy) is 1. The van der Waals surface area contributed by atoms with E-state index in [1.165, 1.54) is 12.0 Å². The van der Waals surface area contributed by atoms with Crippen LogP contribution in [0.15, 0.2) is 24.3 Å². The second kappa shape index (κ2) is 5.04. The lowest BCUT2D eigenvalue weighted by Gasteiger charge is -2.19. The number of hydrogen-bond donors (Lipinski definition) is 0. The smallest absolute Gasteiger partial charge is 0.118 e. The Morgan fingerprint density at radius 1 is 1.14 bits per heavy atom. The predicted molar refractivity (Wildman–Crippen MR) is 60.9 cm³/mol. The van der Waals surface area contributed by atoms with E-state index in [0.717, 1.165) is 5.75 Å². The molecule has 0 radical (unpaired) electrons. The van der Waals surface area contributed by atoms with Crippen LogP contribution >= 0.6 is 0 Å². The summed E-state index contributed by atoms with van der Waals surface area (Å²) in [6, 6.07) is 8.43. The van der Waals surface area contributed by atoms with Crippen molar-refractivity contribution >= 4 is 0 Å². The van der Waals surface area contributed by atoms with Gasteiger partial charge in [-0.25, -0.2) is 0 Å². The highest BCUT2D eigenvalue weighted by molar-refractivity contribution is 5.29. The van der Waals surface area contributed by atoms with Crippen LogP contribution in [0.4, 0.5) is 0 Å². The van der Waals surface area contributed by atoms with Crippen LogP contribution in [0.3, 0.4) is 0 Å². The van der Waals surface area contributed by atoms with Gasteiger partial charge in [-0.05, 0) is 36.0 Å². The fourth-order valence-corrected chi connectivity index (χ4v) is 1.94. The summed E-state index contributed by atoms with van der Waals surface area (Å²) < 4.78 is 5.14. The van der Waals surface area contributed by atoms with Crippen LogP contribution in [0.1, 0.15) is 38.7 Å². The number of benzene rings is 1. The molecule has 0 spiro atoms. The van der Waals surface area contributed by atoms with Gasteiger partial charge in [0.1, 0.15) is 5.75 Å². The molecule has 1 atom stereocenters. The first kappa shape index (κ1) is 11.1. The highest BCUT2D eigenvalue weighted by Gasteiger charge is 2.12. The van der Waals surface area contributed by atoms with Gasteiger partial charge in [-0.3, -0.25) is 0 Å². The third-order valence-electron chi connectivity index (χ3n) is 2.79. The zero-order valence-electron chi connectivity index (χ0n) is 9.58. The van der Waals surface area contributed by atoms with Gasteiger partial charge in [-0.2, -0.15) is 0 Å². The van der Waals surface area contributed by atoms with Gasteiger partial charge in [0.15, 0.2) is 0 Å². The van der Waals surface area contributed by atoms with Gasteiger partial charge in [-0.1, -0.05) is 32.9 Å². The van der Waals surface area contributed by atoms with Gasteiger partial charge >= 0.3 is 0 Å². The van der Waals surface area contributed by atoms with Crippen molar-refractivity contribution in [2.24, 2.45) is 5.92 Å². The molecule has 1 heteroatoms. The molecule has 1 unspecified atom stereocenters. The molecule has 0 aliphatic rings. The van der Waals surface area contributed by atoms with Crippen molar-refractivity contribution in [3.05, 3.63) is 29.8 Å².